The summed E-state index contributed by atoms with van der Waals surface area (Å²) in [6, 6.07) is 6.81. The Kier molecular flexibility index (Phi) is 4.65. The minimum atomic E-state index is -0.647. The number of amides is 1. The maximum Gasteiger partial charge on any atom is 0.433 e. The predicted molar refractivity (Wildman–Crippen MR) is 77.3 cm³/mol. The molecule has 20 heavy (non-hydrogen) atoms. The number of nitrogens with zero attached hydrogens (tertiary/aromatic N) is 1. The lowest BCUT2D eigenvalue weighted by Crippen LogP contribution is -2.16. The van der Waals surface area contributed by atoms with Gasteiger partial charge in [-0.25, -0.2) is 4.79 Å². The van der Waals surface area contributed by atoms with Crippen LogP contribution in [-0.4, -0.2) is 19.4 Å². The summed E-state index contributed by atoms with van der Waals surface area (Å²) in [7, 11) is 1.44. The van der Waals surface area contributed by atoms with Gasteiger partial charge in [0, 0.05) is 23.2 Å². The molecule has 1 amide bonds. The number of nitrogens with one attached hydrogen (secondary N) is 1. The number of halogens is 2. The van der Waals surface area contributed by atoms with E-state index >= 15 is 0 Å². The Labute approximate surface area is 125 Å². The molecule has 104 valence electrons. The fourth-order valence-electron chi connectivity index (χ4n) is 1.43. The second-order valence-electron chi connectivity index (χ2n) is 3.73. The van der Waals surface area contributed by atoms with E-state index in [0.717, 1.165) is 0 Å². The van der Waals surface area contributed by atoms with Crippen LogP contribution in [0.2, 0.25) is 10.0 Å². The molecule has 0 atom stereocenters. The molecule has 7 heteroatoms. The van der Waals surface area contributed by atoms with Crippen LogP contribution in [0.25, 0.3) is 11.3 Å². The second-order valence-corrected chi connectivity index (χ2v) is 4.58. The average molecular weight is 313 g/mol. The zero-order valence-corrected chi connectivity index (χ0v) is 11.9. The molecule has 0 bridgehead atoms. The van der Waals surface area contributed by atoms with Crippen molar-refractivity contribution in [1.29, 1.82) is 0 Å². The maximum absolute atomic E-state index is 10.8. The van der Waals surface area contributed by atoms with Crippen molar-refractivity contribution in [3.8, 4) is 11.3 Å². The van der Waals surface area contributed by atoms with Crippen LogP contribution in [0.15, 0.2) is 40.1 Å². The Bertz CT molecular complexity index is 653. The molecule has 2 aromatic rings. The fourth-order valence-corrected chi connectivity index (χ4v) is 1.93. The molecule has 1 aromatic carbocycles. The van der Waals surface area contributed by atoms with Crippen LogP contribution in [0.4, 0.5) is 4.79 Å². The van der Waals surface area contributed by atoms with Gasteiger partial charge in [0.15, 0.2) is 0 Å². The largest absolute Gasteiger partial charge is 0.464 e. The first-order valence-corrected chi connectivity index (χ1v) is 6.32. The van der Waals surface area contributed by atoms with Crippen LogP contribution in [0.1, 0.15) is 5.56 Å². The summed E-state index contributed by atoms with van der Waals surface area (Å²) in [5, 5.41) is 6.80. The third kappa shape index (κ3) is 3.53. The van der Waals surface area contributed by atoms with E-state index in [2.05, 4.69) is 15.3 Å². The van der Waals surface area contributed by atoms with Gasteiger partial charge in [-0.05, 0) is 24.3 Å². The van der Waals surface area contributed by atoms with Gasteiger partial charge in [0.05, 0.1) is 11.2 Å². The lowest BCUT2D eigenvalue weighted by Gasteiger charge is -2.00. The van der Waals surface area contributed by atoms with Crippen LogP contribution < -0.4 is 5.32 Å². The van der Waals surface area contributed by atoms with E-state index in [4.69, 9.17) is 27.6 Å². The van der Waals surface area contributed by atoms with Gasteiger partial charge in [-0.3, -0.25) is 4.84 Å². The van der Waals surface area contributed by atoms with Gasteiger partial charge in [0.1, 0.15) is 12.0 Å². The van der Waals surface area contributed by atoms with Crippen LogP contribution in [-0.2, 0) is 4.84 Å². The number of carbonyl (C=O) groups excluding carboxylic acids is 1. The van der Waals surface area contributed by atoms with E-state index in [9.17, 15) is 4.79 Å². The fraction of sp³-hybridized carbons (Fsp3) is 0.0769. The van der Waals surface area contributed by atoms with E-state index in [0.29, 0.717) is 26.9 Å². The van der Waals surface area contributed by atoms with Crippen LogP contribution in [0.3, 0.4) is 0 Å². The molecule has 0 spiro atoms. The molecule has 5 nitrogen and oxygen atoms in total. The van der Waals surface area contributed by atoms with E-state index < -0.39 is 6.09 Å². The molecule has 0 fully saturated rings. The van der Waals surface area contributed by atoms with Gasteiger partial charge in [-0.1, -0.05) is 28.4 Å². The highest BCUT2D eigenvalue weighted by Crippen LogP contribution is 2.31. The summed E-state index contributed by atoms with van der Waals surface area (Å²) < 4.78 is 5.38. The molecule has 0 aliphatic heterocycles. The van der Waals surface area contributed by atoms with Crippen LogP contribution in [0.5, 0.6) is 0 Å². The normalized spacial score (nSPS) is 10.8. The smallest absolute Gasteiger partial charge is 0.433 e. The van der Waals surface area contributed by atoms with Crippen molar-refractivity contribution in [1.82, 2.24) is 5.32 Å². The molecule has 0 aliphatic carbocycles. The summed E-state index contributed by atoms with van der Waals surface area (Å²) in [6.07, 6.45) is 2.17. The van der Waals surface area contributed by atoms with Crippen molar-refractivity contribution >= 4 is 35.5 Å². The lowest BCUT2D eigenvalue weighted by molar-refractivity contribution is 0.154. The van der Waals surface area contributed by atoms with Crippen molar-refractivity contribution < 1.29 is 14.0 Å². The van der Waals surface area contributed by atoms with Gasteiger partial charge in [0.2, 0.25) is 0 Å². The Morgan fingerprint density at radius 2 is 2.20 bits per heavy atom. The predicted octanol–water partition coefficient (Wildman–Crippen LogP) is 3.94. The van der Waals surface area contributed by atoms with E-state index in [-0.39, 0.29) is 0 Å². The zero-order chi connectivity index (χ0) is 14.5. The van der Waals surface area contributed by atoms with E-state index in [1.165, 1.54) is 19.5 Å². The van der Waals surface area contributed by atoms with Gasteiger partial charge >= 0.3 is 6.09 Å². The third-order valence-corrected chi connectivity index (χ3v) is 2.91. The molecule has 1 N–H and O–H groups in total. The Morgan fingerprint density at radius 1 is 1.40 bits per heavy atom. The molecular weight excluding hydrogens is 303 g/mol. The molecule has 0 saturated carbocycles. The van der Waals surface area contributed by atoms with E-state index in [1.54, 1.807) is 24.3 Å². The SMILES string of the molecule is CNC(=O)O/N=C/c1coc(-c2ccc(Cl)cc2Cl)c1. The minimum Gasteiger partial charge on any atom is -0.464 e. The van der Waals surface area contributed by atoms with Gasteiger partial charge < -0.3 is 9.73 Å². The van der Waals surface area contributed by atoms with Crippen molar-refractivity contribution in [3.63, 3.8) is 0 Å². The molecule has 0 aliphatic rings. The second kappa shape index (κ2) is 6.45. The average Bonchev–Trinajstić information content (AvgIpc) is 2.87. The van der Waals surface area contributed by atoms with Crippen LogP contribution >= 0.6 is 23.2 Å². The highest BCUT2D eigenvalue weighted by Gasteiger charge is 2.08. The number of carbonyl (C=O) groups is 1. The summed E-state index contributed by atoms with van der Waals surface area (Å²) in [5.74, 6) is 0.563. The molecular formula is C13H10Cl2N2O3. The highest BCUT2D eigenvalue weighted by molar-refractivity contribution is 6.36. The number of rotatable bonds is 3. The summed E-state index contributed by atoms with van der Waals surface area (Å²) in [4.78, 5) is 15.3. The van der Waals surface area contributed by atoms with Crippen LogP contribution in [0, 0.1) is 0 Å². The number of hydrogen-bond acceptors (Lipinski definition) is 4. The summed E-state index contributed by atoms with van der Waals surface area (Å²) in [5.41, 5.74) is 1.35. The Hall–Kier alpha value is -1.98. The summed E-state index contributed by atoms with van der Waals surface area (Å²) >= 11 is 11.9. The minimum absolute atomic E-state index is 0.483. The first-order chi connectivity index (χ1) is 9.60. The van der Waals surface area contributed by atoms with Gasteiger partial charge in [0.25, 0.3) is 0 Å². The standard InChI is InChI=1S/C13H10Cl2N2O3/c1-16-13(18)20-17-6-8-4-12(19-7-8)10-3-2-9(14)5-11(10)15/h2-7H,1H3,(H,16,18)/b17-6+. The first kappa shape index (κ1) is 14.4. The van der Waals surface area contributed by atoms with Gasteiger partial charge in [-0.2, -0.15) is 0 Å². The monoisotopic (exact) mass is 312 g/mol. The van der Waals surface area contributed by atoms with Crippen molar-refractivity contribution in [2.45, 2.75) is 0 Å². The molecule has 0 unspecified atom stereocenters. The van der Waals surface area contributed by atoms with E-state index in [1.807, 2.05) is 0 Å². The molecule has 1 aromatic heterocycles. The first-order valence-electron chi connectivity index (χ1n) is 5.56. The van der Waals surface area contributed by atoms with Crippen molar-refractivity contribution in [3.05, 3.63) is 46.1 Å². The summed E-state index contributed by atoms with van der Waals surface area (Å²) in [6.45, 7) is 0. The molecule has 2 rings (SSSR count). The molecule has 0 radical (unpaired) electrons. The topological polar surface area (TPSA) is 63.8 Å². The third-order valence-electron chi connectivity index (χ3n) is 2.36. The number of benzene rings is 1. The van der Waals surface area contributed by atoms with Crippen molar-refractivity contribution in [2.75, 3.05) is 7.05 Å². The number of furan rings is 1. The Balaban J connectivity index is 2.14. The lowest BCUT2D eigenvalue weighted by atomic mass is 10.1. The quantitative estimate of drug-likeness (QED) is 0.530. The molecule has 1 heterocycles. The molecule has 0 saturated heterocycles. The van der Waals surface area contributed by atoms with Crippen molar-refractivity contribution in [2.24, 2.45) is 5.16 Å². The maximum atomic E-state index is 10.8. The Morgan fingerprint density at radius 3 is 2.90 bits per heavy atom. The van der Waals surface area contributed by atoms with Gasteiger partial charge in [-0.15, -0.1) is 0 Å². The highest BCUT2D eigenvalue weighted by atomic mass is 35.5. The zero-order valence-electron chi connectivity index (χ0n) is 10.4. The number of oxime groups is 1. The number of hydrogen-bond donors (Lipinski definition) is 1.